The van der Waals surface area contributed by atoms with Crippen LogP contribution in [0.15, 0.2) is 18.3 Å². The highest BCUT2D eigenvalue weighted by Crippen LogP contribution is 2.19. The Labute approximate surface area is 110 Å². The molecule has 3 rings (SSSR count). The average Bonchev–Trinajstić information content (AvgIpc) is 2.98. The Bertz CT molecular complexity index is 629. The van der Waals surface area contributed by atoms with Crippen LogP contribution in [0.25, 0.3) is 5.52 Å². The van der Waals surface area contributed by atoms with Gasteiger partial charge in [-0.3, -0.25) is 9.30 Å². The monoisotopic (exact) mass is 260 g/mol. The van der Waals surface area contributed by atoms with Crippen LogP contribution in [0.1, 0.15) is 29.2 Å². The molecule has 0 aliphatic carbocycles. The zero-order valence-electron chi connectivity index (χ0n) is 10.5. The maximum atomic E-state index is 11.2. The van der Waals surface area contributed by atoms with E-state index in [1.54, 1.807) is 22.7 Å². The Kier molecular flexibility index (Phi) is 2.87. The third-order valence-electron chi connectivity index (χ3n) is 3.50. The number of carboxylic acid groups (broad SMARTS) is 1. The molecule has 0 radical (unpaired) electrons. The lowest BCUT2D eigenvalue weighted by molar-refractivity contribution is 0.0693. The topological polar surface area (TPSA) is 83.9 Å². The van der Waals surface area contributed by atoms with Gasteiger partial charge >= 0.3 is 5.97 Å². The molecule has 6 nitrogen and oxygen atoms in total. The number of fused-ring (bicyclic) bond motifs is 1. The molecule has 1 saturated heterocycles. The summed E-state index contributed by atoms with van der Waals surface area (Å²) in [6.07, 6.45) is 4.12. The molecular weight excluding hydrogens is 244 g/mol. The summed E-state index contributed by atoms with van der Waals surface area (Å²) >= 11 is 0. The molecular formula is C13H16N4O2. The Morgan fingerprint density at radius 1 is 1.37 bits per heavy atom. The van der Waals surface area contributed by atoms with Crippen LogP contribution in [0.5, 0.6) is 0 Å². The zero-order valence-corrected chi connectivity index (χ0v) is 10.5. The van der Waals surface area contributed by atoms with Crippen molar-refractivity contribution < 1.29 is 9.90 Å². The fourth-order valence-corrected chi connectivity index (χ4v) is 2.57. The number of aromatic carboxylic acids is 1. The van der Waals surface area contributed by atoms with Gasteiger partial charge in [-0.05, 0) is 38.1 Å². The molecule has 6 heteroatoms. The minimum atomic E-state index is -1.00. The number of carboxylic acids is 1. The van der Waals surface area contributed by atoms with E-state index in [-0.39, 0.29) is 5.69 Å². The van der Waals surface area contributed by atoms with Crippen LogP contribution in [-0.4, -0.2) is 38.4 Å². The van der Waals surface area contributed by atoms with Gasteiger partial charge in [-0.25, -0.2) is 9.78 Å². The number of likely N-dealkylation sites (tertiary alicyclic amines) is 1. The third-order valence-corrected chi connectivity index (χ3v) is 3.50. The van der Waals surface area contributed by atoms with Crippen LogP contribution in [0.3, 0.4) is 0 Å². The predicted octanol–water partition coefficient (Wildman–Crippen LogP) is 1.21. The number of nitrogens with two attached hydrogens (primary N) is 1. The van der Waals surface area contributed by atoms with Gasteiger partial charge in [0.05, 0.1) is 12.1 Å². The summed E-state index contributed by atoms with van der Waals surface area (Å²) in [5, 5.41) is 9.21. The number of carbonyl (C=O) groups is 1. The standard InChI is InChI=1S/C13H16N4O2/c14-9-3-4-10-12(13(18)19)15-11(17(10)7-9)8-16-5-1-2-6-16/h3-4,7H,1-2,5-6,8,14H2,(H,18,19). The van der Waals surface area contributed by atoms with Crippen LogP contribution < -0.4 is 5.73 Å². The summed E-state index contributed by atoms with van der Waals surface area (Å²) in [6, 6.07) is 3.41. The first-order chi connectivity index (χ1) is 9.15. The highest BCUT2D eigenvalue weighted by atomic mass is 16.4. The van der Waals surface area contributed by atoms with Crippen molar-refractivity contribution in [1.82, 2.24) is 14.3 Å². The second-order valence-corrected chi connectivity index (χ2v) is 4.88. The molecule has 2 aromatic rings. The molecule has 0 amide bonds. The summed E-state index contributed by atoms with van der Waals surface area (Å²) < 4.78 is 1.79. The molecule has 19 heavy (non-hydrogen) atoms. The molecule has 2 aromatic heterocycles. The maximum absolute atomic E-state index is 11.2. The molecule has 3 heterocycles. The lowest BCUT2D eigenvalue weighted by Gasteiger charge is -2.13. The van der Waals surface area contributed by atoms with E-state index in [0.29, 0.717) is 17.7 Å². The Hall–Kier alpha value is -2.08. The van der Waals surface area contributed by atoms with E-state index < -0.39 is 5.97 Å². The van der Waals surface area contributed by atoms with Crippen molar-refractivity contribution in [3.63, 3.8) is 0 Å². The van der Waals surface area contributed by atoms with E-state index in [1.165, 1.54) is 12.8 Å². The second kappa shape index (κ2) is 4.55. The van der Waals surface area contributed by atoms with Crippen LogP contribution in [-0.2, 0) is 6.54 Å². The Morgan fingerprint density at radius 3 is 2.79 bits per heavy atom. The lowest BCUT2D eigenvalue weighted by atomic mass is 10.3. The van der Waals surface area contributed by atoms with E-state index in [1.807, 2.05) is 0 Å². The fourth-order valence-electron chi connectivity index (χ4n) is 2.57. The van der Waals surface area contributed by atoms with Gasteiger partial charge in [0, 0.05) is 11.9 Å². The average molecular weight is 260 g/mol. The number of aromatic nitrogens is 2. The summed E-state index contributed by atoms with van der Waals surface area (Å²) in [7, 11) is 0. The third kappa shape index (κ3) is 2.15. The number of nitrogens with zero attached hydrogens (tertiary/aromatic N) is 3. The highest BCUT2D eigenvalue weighted by molar-refractivity contribution is 5.93. The SMILES string of the molecule is Nc1ccc2c(C(=O)O)nc(CN3CCCC3)n2c1. The quantitative estimate of drug-likeness (QED) is 0.866. The van der Waals surface area contributed by atoms with Gasteiger partial charge in [0.25, 0.3) is 0 Å². The van der Waals surface area contributed by atoms with Crippen molar-refractivity contribution in [1.29, 1.82) is 0 Å². The Balaban J connectivity index is 2.06. The van der Waals surface area contributed by atoms with E-state index in [2.05, 4.69) is 9.88 Å². The minimum Gasteiger partial charge on any atom is -0.476 e. The van der Waals surface area contributed by atoms with Crippen molar-refractivity contribution in [2.75, 3.05) is 18.8 Å². The molecule has 1 aliphatic rings. The smallest absolute Gasteiger partial charge is 0.356 e. The number of hydrogen-bond donors (Lipinski definition) is 2. The first kappa shape index (κ1) is 12.0. The number of nitrogen functional groups attached to an aromatic ring is 1. The Morgan fingerprint density at radius 2 is 2.11 bits per heavy atom. The first-order valence-corrected chi connectivity index (χ1v) is 6.37. The summed E-state index contributed by atoms with van der Waals surface area (Å²) in [5.41, 5.74) is 7.06. The molecule has 100 valence electrons. The maximum Gasteiger partial charge on any atom is 0.356 e. The number of rotatable bonds is 3. The van der Waals surface area contributed by atoms with Crippen molar-refractivity contribution in [2.24, 2.45) is 0 Å². The molecule has 1 aliphatic heterocycles. The van der Waals surface area contributed by atoms with Crippen molar-refractivity contribution in [2.45, 2.75) is 19.4 Å². The van der Waals surface area contributed by atoms with Crippen molar-refractivity contribution in [3.8, 4) is 0 Å². The van der Waals surface area contributed by atoms with Gasteiger partial charge in [-0.2, -0.15) is 0 Å². The lowest BCUT2D eigenvalue weighted by Crippen LogP contribution is -2.20. The summed E-state index contributed by atoms with van der Waals surface area (Å²) in [4.78, 5) is 17.8. The molecule has 0 saturated carbocycles. The number of imidazole rings is 1. The van der Waals surface area contributed by atoms with E-state index in [4.69, 9.17) is 5.73 Å². The molecule has 0 unspecified atom stereocenters. The van der Waals surface area contributed by atoms with Crippen molar-refractivity contribution >= 4 is 17.2 Å². The zero-order chi connectivity index (χ0) is 13.4. The normalized spacial score (nSPS) is 16.2. The van der Waals surface area contributed by atoms with Gasteiger partial charge in [0.1, 0.15) is 5.82 Å². The van der Waals surface area contributed by atoms with E-state index in [0.717, 1.165) is 18.9 Å². The predicted molar refractivity (Wildman–Crippen MR) is 71.1 cm³/mol. The molecule has 1 fully saturated rings. The molecule has 0 aromatic carbocycles. The van der Waals surface area contributed by atoms with Crippen LogP contribution in [0.2, 0.25) is 0 Å². The summed E-state index contributed by atoms with van der Waals surface area (Å²) in [6.45, 7) is 2.75. The van der Waals surface area contributed by atoms with Crippen LogP contribution in [0.4, 0.5) is 5.69 Å². The van der Waals surface area contributed by atoms with Crippen molar-refractivity contribution in [3.05, 3.63) is 29.8 Å². The first-order valence-electron chi connectivity index (χ1n) is 6.37. The number of hydrogen-bond acceptors (Lipinski definition) is 4. The minimum absolute atomic E-state index is 0.0918. The summed E-state index contributed by atoms with van der Waals surface area (Å²) in [5.74, 6) is -0.267. The van der Waals surface area contributed by atoms with E-state index in [9.17, 15) is 9.90 Å². The molecule has 3 N–H and O–H groups in total. The van der Waals surface area contributed by atoms with Crippen LogP contribution in [0, 0.1) is 0 Å². The van der Waals surface area contributed by atoms with Gasteiger partial charge in [0.15, 0.2) is 5.69 Å². The number of anilines is 1. The van der Waals surface area contributed by atoms with Gasteiger partial charge in [-0.15, -0.1) is 0 Å². The fraction of sp³-hybridized carbons (Fsp3) is 0.385. The van der Waals surface area contributed by atoms with Crippen LogP contribution >= 0.6 is 0 Å². The van der Waals surface area contributed by atoms with Gasteiger partial charge < -0.3 is 10.8 Å². The number of pyridine rings is 1. The molecule has 0 spiro atoms. The van der Waals surface area contributed by atoms with E-state index >= 15 is 0 Å². The van der Waals surface area contributed by atoms with Gasteiger partial charge in [-0.1, -0.05) is 0 Å². The molecule has 0 atom stereocenters. The highest BCUT2D eigenvalue weighted by Gasteiger charge is 2.20. The second-order valence-electron chi connectivity index (χ2n) is 4.88. The molecule has 0 bridgehead atoms. The largest absolute Gasteiger partial charge is 0.476 e. The van der Waals surface area contributed by atoms with Gasteiger partial charge in [0.2, 0.25) is 0 Å².